The molecular formula is C26H35N5O2. The van der Waals surface area contributed by atoms with Gasteiger partial charge in [0.2, 0.25) is 5.91 Å². The predicted molar refractivity (Wildman–Crippen MR) is 131 cm³/mol. The highest BCUT2D eigenvalue weighted by atomic mass is 16.5. The molecule has 0 radical (unpaired) electrons. The zero-order valence-electron chi connectivity index (χ0n) is 19.6. The molecule has 2 aromatic carbocycles. The Morgan fingerprint density at radius 3 is 2.33 bits per heavy atom. The van der Waals surface area contributed by atoms with Gasteiger partial charge in [-0.15, -0.1) is 0 Å². The Morgan fingerprint density at radius 1 is 0.970 bits per heavy atom. The zero-order valence-corrected chi connectivity index (χ0v) is 19.6. The molecule has 2 heterocycles. The molecule has 1 fully saturated rings. The molecule has 0 atom stereocenters. The van der Waals surface area contributed by atoms with Crippen LogP contribution in [0.15, 0.2) is 53.5 Å². The number of guanidine groups is 1. The van der Waals surface area contributed by atoms with Gasteiger partial charge in [0, 0.05) is 59.3 Å². The molecule has 0 aliphatic carbocycles. The summed E-state index contributed by atoms with van der Waals surface area (Å²) in [5.41, 5.74) is 5.14. The third-order valence-corrected chi connectivity index (χ3v) is 6.34. The quantitative estimate of drug-likeness (QED) is 0.368. The van der Waals surface area contributed by atoms with E-state index in [1.165, 1.54) is 22.3 Å². The second-order valence-electron chi connectivity index (χ2n) is 8.63. The smallest absolute Gasteiger partial charge is 0.223 e. The van der Waals surface area contributed by atoms with E-state index in [0.29, 0.717) is 19.5 Å². The minimum absolute atomic E-state index is 0.216. The fraction of sp³-hybridized carbons (Fsp3) is 0.462. The summed E-state index contributed by atoms with van der Waals surface area (Å²) >= 11 is 0. The molecule has 1 saturated heterocycles. The first-order chi connectivity index (χ1) is 16.2. The fourth-order valence-electron chi connectivity index (χ4n) is 4.40. The topological polar surface area (TPSA) is 69.2 Å². The number of aliphatic imine (C=N–C) groups is 1. The monoisotopic (exact) mass is 449 g/mol. The fourth-order valence-corrected chi connectivity index (χ4v) is 4.40. The first-order valence-electron chi connectivity index (χ1n) is 11.9. The van der Waals surface area contributed by atoms with Crippen LogP contribution in [0.3, 0.4) is 0 Å². The van der Waals surface area contributed by atoms with Gasteiger partial charge in [0.05, 0.1) is 13.2 Å². The number of nitrogens with zero attached hydrogens (tertiary/aromatic N) is 3. The van der Waals surface area contributed by atoms with Crippen LogP contribution in [0.1, 0.15) is 35.1 Å². The standard InChI is InChI=1S/C26H35N5O2/c1-27-26(28-12-6-11-25(32)31-19-23-9-4-5-10-24(23)20-31)29-17-21-7-2-3-8-22(21)18-30-13-15-33-16-14-30/h2-5,7-10H,6,11-20H2,1H3,(H2,27,28,29). The van der Waals surface area contributed by atoms with Gasteiger partial charge < -0.3 is 20.3 Å². The summed E-state index contributed by atoms with van der Waals surface area (Å²) in [6.07, 6.45) is 1.32. The molecule has 0 saturated carbocycles. The van der Waals surface area contributed by atoms with Crippen LogP contribution in [-0.2, 0) is 35.7 Å². The highest BCUT2D eigenvalue weighted by Crippen LogP contribution is 2.22. The van der Waals surface area contributed by atoms with Crippen LogP contribution < -0.4 is 10.6 Å². The van der Waals surface area contributed by atoms with E-state index in [9.17, 15) is 4.79 Å². The maximum Gasteiger partial charge on any atom is 0.223 e. The second-order valence-corrected chi connectivity index (χ2v) is 8.63. The number of hydrogen-bond donors (Lipinski definition) is 2. The van der Waals surface area contributed by atoms with Gasteiger partial charge in [0.15, 0.2) is 5.96 Å². The second kappa shape index (κ2) is 11.8. The number of rotatable bonds is 8. The van der Waals surface area contributed by atoms with Gasteiger partial charge in [-0.1, -0.05) is 48.5 Å². The lowest BCUT2D eigenvalue weighted by molar-refractivity contribution is -0.131. The van der Waals surface area contributed by atoms with Crippen LogP contribution in [0.2, 0.25) is 0 Å². The Morgan fingerprint density at radius 2 is 1.64 bits per heavy atom. The lowest BCUT2D eigenvalue weighted by atomic mass is 10.1. The van der Waals surface area contributed by atoms with Crippen molar-refractivity contribution in [2.45, 2.75) is 39.0 Å². The molecule has 7 nitrogen and oxygen atoms in total. The molecule has 33 heavy (non-hydrogen) atoms. The van der Waals surface area contributed by atoms with Crippen LogP contribution in [0.25, 0.3) is 0 Å². The van der Waals surface area contributed by atoms with Crippen molar-refractivity contribution in [2.75, 3.05) is 39.9 Å². The van der Waals surface area contributed by atoms with Crippen LogP contribution in [0.4, 0.5) is 0 Å². The normalized spacial score (nSPS) is 16.5. The molecule has 0 unspecified atom stereocenters. The molecule has 7 heteroatoms. The van der Waals surface area contributed by atoms with Gasteiger partial charge >= 0.3 is 0 Å². The van der Waals surface area contributed by atoms with Crippen molar-refractivity contribution in [3.8, 4) is 0 Å². The van der Waals surface area contributed by atoms with Gasteiger partial charge in [-0.3, -0.25) is 14.7 Å². The summed E-state index contributed by atoms with van der Waals surface area (Å²) < 4.78 is 5.46. The van der Waals surface area contributed by atoms with E-state index in [2.05, 4.69) is 56.9 Å². The SMILES string of the molecule is CN=C(NCCCC(=O)N1Cc2ccccc2C1)NCc1ccccc1CN1CCOCC1. The zero-order chi connectivity index (χ0) is 22.9. The molecular weight excluding hydrogens is 414 g/mol. The molecule has 0 bridgehead atoms. The summed E-state index contributed by atoms with van der Waals surface area (Å²) in [5.74, 6) is 0.977. The van der Waals surface area contributed by atoms with Crippen LogP contribution >= 0.6 is 0 Å². The minimum Gasteiger partial charge on any atom is -0.379 e. The van der Waals surface area contributed by atoms with Crippen LogP contribution in [0, 0.1) is 0 Å². The van der Waals surface area contributed by atoms with Gasteiger partial charge in [0.1, 0.15) is 0 Å². The number of amides is 1. The molecule has 0 aromatic heterocycles. The lowest BCUT2D eigenvalue weighted by Gasteiger charge is -2.27. The van der Waals surface area contributed by atoms with Crippen molar-refractivity contribution < 1.29 is 9.53 Å². The average Bonchev–Trinajstić information content (AvgIpc) is 3.29. The largest absolute Gasteiger partial charge is 0.379 e. The average molecular weight is 450 g/mol. The summed E-state index contributed by atoms with van der Waals surface area (Å²) in [5, 5.41) is 6.76. The van der Waals surface area contributed by atoms with Gasteiger partial charge in [-0.05, 0) is 28.7 Å². The first kappa shape index (κ1) is 23.3. The molecule has 0 spiro atoms. The Labute approximate surface area is 196 Å². The number of fused-ring (bicyclic) bond motifs is 1. The summed E-state index contributed by atoms with van der Waals surface area (Å²) in [6.45, 7) is 7.41. The van der Waals surface area contributed by atoms with Crippen LogP contribution in [0.5, 0.6) is 0 Å². The molecule has 2 aromatic rings. The Bertz CT molecular complexity index is 930. The molecule has 2 aliphatic rings. The van der Waals surface area contributed by atoms with E-state index in [1.54, 1.807) is 7.05 Å². The van der Waals surface area contributed by atoms with Crippen molar-refractivity contribution in [3.05, 3.63) is 70.8 Å². The summed E-state index contributed by atoms with van der Waals surface area (Å²) in [6, 6.07) is 16.8. The maximum absolute atomic E-state index is 12.6. The molecule has 176 valence electrons. The number of ether oxygens (including phenoxy) is 1. The van der Waals surface area contributed by atoms with Crippen molar-refractivity contribution >= 4 is 11.9 Å². The predicted octanol–water partition coefficient (Wildman–Crippen LogP) is 2.51. The van der Waals surface area contributed by atoms with Crippen molar-refractivity contribution in [3.63, 3.8) is 0 Å². The van der Waals surface area contributed by atoms with Gasteiger partial charge in [-0.2, -0.15) is 0 Å². The van der Waals surface area contributed by atoms with Crippen molar-refractivity contribution in [2.24, 2.45) is 4.99 Å². The van der Waals surface area contributed by atoms with E-state index in [1.807, 2.05) is 17.0 Å². The number of benzene rings is 2. The number of morpholine rings is 1. The third-order valence-electron chi connectivity index (χ3n) is 6.34. The van der Waals surface area contributed by atoms with E-state index in [-0.39, 0.29) is 5.91 Å². The maximum atomic E-state index is 12.6. The Hall–Kier alpha value is -2.90. The van der Waals surface area contributed by atoms with E-state index in [0.717, 1.165) is 58.3 Å². The molecule has 4 rings (SSSR count). The highest BCUT2D eigenvalue weighted by molar-refractivity contribution is 5.80. The van der Waals surface area contributed by atoms with Gasteiger partial charge in [0.25, 0.3) is 0 Å². The summed E-state index contributed by atoms with van der Waals surface area (Å²) in [7, 11) is 1.78. The lowest BCUT2D eigenvalue weighted by Crippen LogP contribution is -2.38. The number of carbonyl (C=O) groups is 1. The van der Waals surface area contributed by atoms with Crippen molar-refractivity contribution in [1.29, 1.82) is 0 Å². The molecule has 2 aliphatic heterocycles. The number of nitrogens with one attached hydrogen (secondary N) is 2. The summed E-state index contributed by atoms with van der Waals surface area (Å²) in [4.78, 5) is 21.3. The van der Waals surface area contributed by atoms with Gasteiger partial charge in [-0.25, -0.2) is 0 Å². The molecule has 2 N–H and O–H groups in total. The molecule has 1 amide bonds. The van der Waals surface area contributed by atoms with E-state index < -0.39 is 0 Å². The Kier molecular flexibility index (Phi) is 8.33. The van der Waals surface area contributed by atoms with Crippen molar-refractivity contribution in [1.82, 2.24) is 20.4 Å². The highest BCUT2D eigenvalue weighted by Gasteiger charge is 2.22. The van der Waals surface area contributed by atoms with E-state index >= 15 is 0 Å². The number of hydrogen-bond acceptors (Lipinski definition) is 4. The first-order valence-corrected chi connectivity index (χ1v) is 11.9. The van der Waals surface area contributed by atoms with E-state index in [4.69, 9.17) is 4.74 Å². The number of carbonyl (C=O) groups excluding carboxylic acids is 1. The third kappa shape index (κ3) is 6.55. The Balaban J connectivity index is 1.18. The van der Waals surface area contributed by atoms with Crippen LogP contribution in [-0.4, -0.2) is 61.6 Å². The minimum atomic E-state index is 0.216.